The molecule has 1 heterocycles. The molecule has 2 aromatic rings. The van der Waals surface area contributed by atoms with Crippen molar-refractivity contribution in [2.24, 2.45) is 5.73 Å². The molecule has 3 N–H and O–H groups in total. The fourth-order valence-corrected chi connectivity index (χ4v) is 2.57. The predicted molar refractivity (Wildman–Crippen MR) is 94.4 cm³/mol. The lowest BCUT2D eigenvalue weighted by molar-refractivity contribution is -0.147. The second-order valence-electron chi connectivity index (χ2n) is 5.87. The quantitative estimate of drug-likeness (QED) is 0.703. The highest BCUT2D eigenvalue weighted by Crippen LogP contribution is 2.28. The maximum Gasteiger partial charge on any atom is 0.378 e. The predicted octanol–water partition coefficient (Wildman–Crippen LogP) is 1.88. The molecule has 0 amide bonds. The summed E-state index contributed by atoms with van der Waals surface area (Å²) >= 11 is 0. The number of rotatable bonds is 8. The number of aliphatic hydroxyl groups excluding tert-OH is 1. The van der Waals surface area contributed by atoms with Crippen molar-refractivity contribution in [1.29, 1.82) is 0 Å². The third-order valence-corrected chi connectivity index (χ3v) is 3.96. The van der Waals surface area contributed by atoms with Crippen LogP contribution in [0.25, 0.3) is 0 Å². The van der Waals surface area contributed by atoms with E-state index in [2.05, 4.69) is 0 Å². The van der Waals surface area contributed by atoms with Crippen LogP contribution < -0.4 is 5.73 Å². The topological polar surface area (TPSA) is 91.0 Å². The third kappa shape index (κ3) is 4.22. The maximum absolute atomic E-state index is 12.2. The van der Waals surface area contributed by atoms with Crippen molar-refractivity contribution in [2.75, 3.05) is 6.54 Å². The zero-order chi connectivity index (χ0) is 18.4. The van der Waals surface area contributed by atoms with Gasteiger partial charge in [0.15, 0.2) is 11.9 Å². The molecule has 0 radical (unpaired) electrons. The van der Waals surface area contributed by atoms with Gasteiger partial charge in [-0.05, 0) is 11.1 Å². The van der Waals surface area contributed by atoms with Gasteiger partial charge in [0.1, 0.15) is 19.3 Å². The van der Waals surface area contributed by atoms with E-state index in [1.54, 1.807) is 0 Å². The van der Waals surface area contributed by atoms with Crippen molar-refractivity contribution in [2.45, 2.75) is 25.4 Å². The Labute approximate surface area is 151 Å². The van der Waals surface area contributed by atoms with Gasteiger partial charge in [0, 0.05) is 6.54 Å². The fourth-order valence-electron chi connectivity index (χ4n) is 2.57. The molecule has 0 aliphatic carbocycles. The second kappa shape index (κ2) is 8.51. The van der Waals surface area contributed by atoms with Crippen LogP contribution in [-0.2, 0) is 32.2 Å². The molecule has 2 aromatic carbocycles. The molecule has 0 spiro atoms. The lowest BCUT2D eigenvalue weighted by atomic mass is 10.1. The van der Waals surface area contributed by atoms with Gasteiger partial charge in [-0.1, -0.05) is 60.7 Å². The zero-order valence-corrected chi connectivity index (χ0v) is 14.2. The van der Waals surface area contributed by atoms with Crippen molar-refractivity contribution in [3.8, 4) is 0 Å². The first-order valence-electron chi connectivity index (χ1n) is 8.35. The number of nitrogens with two attached hydrogens (primary N) is 1. The highest BCUT2D eigenvalue weighted by Gasteiger charge is 2.41. The van der Waals surface area contributed by atoms with E-state index >= 15 is 0 Å². The molecule has 2 atom stereocenters. The third-order valence-electron chi connectivity index (χ3n) is 3.96. The standard InChI is InChI=1S/C20H21NO5/c21-11-16(22)17-18(24-12-14-7-3-1-4-8-14)19(20(23)26-17)25-13-15-9-5-2-6-10-15/h1-10,16-17,22H,11-13,21H2. The van der Waals surface area contributed by atoms with E-state index in [1.807, 2.05) is 60.7 Å². The monoisotopic (exact) mass is 355 g/mol. The summed E-state index contributed by atoms with van der Waals surface area (Å²) in [5.74, 6) is -0.517. The van der Waals surface area contributed by atoms with E-state index in [0.29, 0.717) is 0 Å². The van der Waals surface area contributed by atoms with Crippen molar-refractivity contribution < 1.29 is 24.1 Å². The molecule has 0 aromatic heterocycles. The minimum Gasteiger partial charge on any atom is -0.485 e. The summed E-state index contributed by atoms with van der Waals surface area (Å²) in [5.41, 5.74) is 7.34. The van der Waals surface area contributed by atoms with Gasteiger partial charge in [-0.25, -0.2) is 4.79 Å². The van der Waals surface area contributed by atoms with Crippen LogP contribution in [0.5, 0.6) is 0 Å². The zero-order valence-electron chi connectivity index (χ0n) is 14.2. The smallest absolute Gasteiger partial charge is 0.378 e. The Hall–Kier alpha value is -2.83. The number of esters is 1. The molecule has 6 nitrogen and oxygen atoms in total. The molecule has 2 unspecified atom stereocenters. The van der Waals surface area contributed by atoms with E-state index in [-0.39, 0.29) is 31.3 Å². The minimum absolute atomic E-state index is 0.0257. The molecule has 1 aliphatic rings. The van der Waals surface area contributed by atoms with Crippen LogP contribution >= 0.6 is 0 Å². The molecular weight excluding hydrogens is 334 g/mol. The van der Waals surface area contributed by atoms with Gasteiger partial charge in [0.25, 0.3) is 0 Å². The molecular formula is C20H21NO5. The van der Waals surface area contributed by atoms with E-state index in [9.17, 15) is 9.90 Å². The van der Waals surface area contributed by atoms with Crippen molar-refractivity contribution >= 4 is 5.97 Å². The highest BCUT2D eigenvalue weighted by molar-refractivity contribution is 5.89. The lowest BCUT2D eigenvalue weighted by Crippen LogP contribution is -2.35. The number of benzene rings is 2. The number of hydrogen-bond donors (Lipinski definition) is 2. The molecule has 136 valence electrons. The summed E-state index contributed by atoms with van der Waals surface area (Å²) < 4.78 is 16.7. The minimum atomic E-state index is -1.07. The average molecular weight is 355 g/mol. The Bertz CT molecular complexity index is 760. The van der Waals surface area contributed by atoms with E-state index < -0.39 is 18.2 Å². The SMILES string of the molecule is NCC(O)C1OC(=O)C(OCc2ccccc2)=C1OCc1ccccc1. The molecule has 0 fully saturated rings. The van der Waals surface area contributed by atoms with Crippen LogP contribution in [0.2, 0.25) is 0 Å². The van der Waals surface area contributed by atoms with Crippen LogP contribution in [0.4, 0.5) is 0 Å². The molecule has 3 rings (SSSR count). The fraction of sp³-hybridized carbons (Fsp3) is 0.250. The summed E-state index contributed by atoms with van der Waals surface area (Å²) in [5, 5.41) is 10.1. The Morgan fingerprint density at radius 3 is 2.04 bits per heavy atom. The van der Waals surface area contributed by atoms with Crippen molar-refractivity contribution in [3.05, 3.63) is 83.3 Å². The Kier molecular flexibility index (Phi) is 5.88. The number of cyclic esters (lactones) is 1. The molecule has 0 bridgehead atoms. The molecule has 0 saturated carbocycles. The maximum atomic E-state index is 12.2. The molecule has 0 saturated heterocycles. The molecule has 1 aliphatic heterocycles. The highest BCUT2D eigenvalue weighted by atomic mass is 16.6. The first-order chi connectivity index (χ1) is 12.7. The first-order valence-corrected chi connectivity index (χ1v) is 8.35. The number of carbonyl (C=O) groups is 1. The Morgan fingerprint density at radius 2 is 1.50 bits per heavy atom. The van der Waals surface area contributed by atoms with E-state index in [4.69, 9.17) is 19.9 Å². The first kappa shape index (κ1) is 18.0. The van der Waals surface area contributed by atoms with Gasteiger partial charge in [-0.2, -0.15) is 0 Å². The average Bonchev–Trinajstić information content (AvgIpc) is 3.01. The number of carbonyl (C=O) groups excluding carboxylic acids is 1. The number of aliphatic hydroxyl groups is 1. The van der Waals surface area contributed by atoms with Gasteiger partial charge in [0.05, 0.1) is 0 Å². The number of ether oxygens (including phenoxy) is 3. The second-order valence-corrected chi connectivity index (χ2v) is 5.87. The largest absolute Gasteiger partial charge is 0.485 e. The summed E-state index contributed by atoms with van der Waals surface area (Å²) in [4.78, 5) is 12.2. The van der Waals surface area contributed by atoms with Crippen LogP contribution in [0, 0.1) is 0 Å². The van der Waals surface area contributed by atoms with E-state index in [1.165, 1.54) is 0 Å². The van der Waals surface area contributed by atoms with Crippen molar-refractivity contribution in [1.82, 2.24) is 0 Å². The van der Waals surface area contributed by atoms with Crippen molar-refractivity contribution in [3.63, 3.8) is 0 Å². The van der Waals surface area contributed by atoms with Gasteiger partial charge in [-0.15, -0.1) is 0 Å². The summed E-state index contributed by atoms with van der Waals surface area (Å²) in [7, 11) is 0. The van der Waals surface area contributed by atoms with Gasteiger partial charge in [-0.3, -0.25) is 0 Å². The van der Waals surface area contributed by atoms with Crippen LogP contribution in [0.3, 0.4) is 0 Å². The van der Waals surface area contributed by atoms with Crippen LogP contribution in [0.15, 0.2) is 72.2 Å². The molecule has 26 heavy (non-hydrogen) atoms. The normalized spacial score (nSPS) is 17.8. The molecule has 6 heteroatoms. The van der Waals surface area contributed by atoms with Gasteiger partial charge < -0.3 is 25.1 Å². The lowest BCUT2D eigenvalue weighted by Gasteiger charge is -2.19. The number of hydrogen-bond acceptors (Lipinski definition) is 6. The Balaban J connectivity index is 1.79. The summed E-state index contributed by atoms with van der Waals surface area (Å²) in [6.07, 6.45) is -2.04. The Morgan fingerprint density at radius 1 is 0.962 bits per heavy atom. The van der Waals surface area contributed by atoms with Crippen LogP contribution in [0.1, 0.15) is 11.1 Å². The van der Waals surface area contributed by atoms with Gasteiger partial charge in [0.2, 0.25) is 5.76 Å². The van der Waals surface area contributed by atoms with Gasteiger partial charge >= 0.3 is 5.97 Å². The van der Waals surface area contributed by atoms with Crippen LogP contribution in [-0.4, -0.2) is 29.8 Å². The summed E-state index contributed by atoms with van der Waals surface area (Å²) in [6.45, 7) is 0.343. The summed E-state index contributed by atoms with van der Waals surface area (Å²) in [6, 6.07) is 18.9. The van der Waals surface area contributed by atoms with E-state index in [0.717, 1.165) is 11.1 Å².